The Hall–Kier alpha value is -0.940. The van der Waals surface area contributed by atoms with Gasteiger partial charge >= 0.3 is 0 Å². The van der Waals surface area contributed by atoms with E-state index in [-0.39, 0.29) is 5.56 Å². The van der Waals surface area contributed by atoms with Crippen molar-refractivity contribution in [3.05, 3.63) is 35.4 Å². The molecule has 0 aliphatic rings. The smallest absolute Gasteiger partial charge is 0.159 e. The van der Waals surface area contributed by atoms with Crippen LogP contribution in [0.1, 0.15) is 5.56 Å². The van der Waals surface area contributed by atoms with Crippen molar-refractivity contribution >= 4 is 15.2 Å². The number of hydrogen-bond donors (Lipinski definition) is 1. The van der Waals surface area contributed by atoms with Crippen LogP contribution in [-0.4, -0.2) is 20.4 Å². The first kappa shape index (κ1) is 10.1. The summed E-state index contributed by atoms with van der Waals surface area (Å²) >= 11 is 0. The van der Waals surface area contributed by atoms with E-state index in [1.165, 1.54) is 6.07 Å². The van der Waals surface area contributed by atoms with Crippen LogP contribution in [0, 0.1) is 11.6 Å². The molecule has 5 heteroatoms. The van der Waals surface area contributed by atoms with Crippen LogP contribution < -0.4 is 0 Å². The minimum absolute atomic E-state index is 0.189. The Morgan fingerprint density at radius 1 is 1.38 bits per heavy atom. The van der Waals surface area contributed by atoms with Gasteiger partial charge in [0.15, 0.2) is 11.6 Å². The molecule has 1 unspecified atom stereocenters. The van der Waals surface area contributed by atoms with Crippen LogP contribution in [0.15, 0.2) is 18.2 Å². The molecule has 0 amide bonds. The Morgan fingerprint density at radius 3 is 2.46 bits per heavy atom. The van der Waals surface area contributed by atoms with Gasteiger partial charge in [-0.15, -0.1) is 0 Å². The number of benzene rings is 1. The largest absolute Gasteiger partial charge is 0.314 e. The molecular weight excluding hydrogens is 198 g/mol. The van der Waals surface area contributed by atoms with E-state index in [0.29, 0.717) is 0 Å². The molecule has 0 spiro atoms. The molecule has 0 aromatic heterocycles. The van der Waals surface area contributed by atoms with Gasteiger partial charge in [0.1, 0.15) is 0 Å². The Bertz CT molecular complexity index is 426. The van der Waals surface area contributed by atoms with Gasteiger partial charge in [-0.2, -0.15) is 0 Å². The summed E-state index contributed by atoms with van der Waals surface area (Å²) in [5, 5.41) is 0.982. The van der Waals surface area contributed by atoms with Crippen LogP contribution in [0.2, 0.25) is 0 Å². The Morgan fingerprint density at radius 2 is 2.00 bits per heavy atom. The fraction of sp³-hybridized carbons (Fsp3) is 0.125. The van der Waals surface area contributed by atoms with E-state index >= 15 is 0 Å². The highest BCUT2D eigenvalue weighted by atomic mass is 32.2. The van der Waals surface area contributed by atoms with Gasteiger partial charge in [0, 0.05) is 11.6 Å². The number of rotatable bonds is 1. The van der Waals surface area contributed by atoms with Crippen LogP contribution in [-0.2, 0) is 9.80 Å². The van der Waals surface area contributed by atoms with E-state index < -0.39 is 21.4 Å². The van der Waals surface area contributed by atoms with E-state index in [1.807, 2.05) is 0 Å². The van der Waals surface area contributed by atoms with Crippen molar-refractivity contribution in [1.82, 2.24) is 0 Å². The maximum Gasteiger partial charge on any atom is 0.159 e. The van der Waals surface area contributed by atoms with Gasteiger partial charge in [-0.3, -0.25) is 0 Å². The quantitative estimate of drug-likeness (QED) is 0.707. The van der Waals surface area contributed by atoms with Crippen molar-refractivity contribution in [3.8, 4) is 0 Å². The predicted octanol–water partition coefficient (Wildman–Crippen LogP) is 1.50. The highest BCUT2D eigenvalue weighted by Crippen LogP contribution is 2.07. The zero-order chi connectivity index (χ0) is 10.1. The van der Waals surface area contributed by atoms with Crippen molar-refractivity contribution in [2.45, 2.75) is 0 Å². The average molecular weight is 206 g/mol. The molecule has 2 nitrogen and oxygen atoms in total. The molecular formula is C8H8F2O2S. The van der Waals surface area contributed by atoms with Crippen LogP contribution in [0.25, 0.3) is 0 Å². The maximum absolute atomic E-state index is 12.6. The third-order valence-electron chi connectivity index (χ3n) is 1.30. The molecule has 0 radical (unpaired) electrons. The fourth-order valence-electron chi connectivity index (χ4n) is 0.838. The Labute approximate surface area is 75.0 Å². The SMILES string of the molecule is CS(=O)(O)=Cc1ccc(F)c(F)c1. The molecule has 0 fully saturated rings. The summed E-state index contributed by atoms with van der Waals surface area (Å²) in [5.41, 5.74) is 0.189. The lowest BCUT2D eigenvalue weighted by atomic mass is 10.2. The summed E-state index contributed by atoms with van der Waals surface area (Å²) in [7, 11) is -3.07. The van der Waals surface area contributed by atoms with E-state index in [1.54, 1.807) is 0 Å². The third kappa shape index (κ3) is 3.12. The second kappa shape index (κ2) is 3.43. The topological polar surface area (TPSA) is 37.3 Å². The van der Waals surface area contributed by atoms with E-state index in [9.17, 15) is 13.0 Å². The lowest BCUT2D eigenvalue weighted by molar-refractivity contribution is 0.508. The molecule has 1 N–H and O–H groups in total. The molecule has 1 aromatic rings. The van der Waals surface area contributed by atoms with Crippen molar-refractivity contribution in [2.24, 2.45) is 0 Å². The van der Waals surface area contributed by atoms with Gasteiger partial charge in [-0.05, 0) is 17.7 Å². The molecule has 1 atom stereocenters. The van der Waals surface area contributed by atoms with Crippen molar-refractivity contribution in [1.29, 1.82) is 0 Å². The van der Waals surface area contributed by atoms with Crippen LogP contribution in [0.5, 0.6) is 0 Å². The standard InChI is InChI=1S/C8H8F2O2S/c1-13(11,12)5-6-2-3-7(9)8(10)4-6/h2-5H,1H3,(H,11,12). The minimum Gasteiger partial charge on any atom is -0.314 e. The first-order valence-corrected chi connectivity index (χ1v) is 5.38. The van der Waals surface area contributed by atoms with Crippen LogP contribution in [0.4, 0.5) is 8.78 Å². The molecule has 0 bridgehead atoms. The van der Waals surface area contributed by atoms with Crippen LogP contribution in [0.3, 0.4) is 0 Å². The van der Waals surface area contributed by atoms with E-state index in [2.05, 4.69) is 0 Å². The summed E-state index contributed by atoms with van der Waals surface area (Å²) in [6.07, 6.45) is 1.09. The second-order valence-corrected chi connectivity index (χ2v) is 4.61. The van der Waals surface area contributed by atoms with Gasteiger partial charge in [0.25, 0.3) is 0 Å². The van der Waals surface area contributed by atoms with Crippen molar-refractivity contribution in [2.75, 3.05) is 6.26 Å². The summed E-state index contributed by atoms with van der Waals surface area (Å²) in [5.74, 6) is -2.00. The number of halogens is 2. The third-order valence-corrected chi connectivity index (χ3v) is 2.01. The summed E-state index contributed by atoms with van der Waals surface area (Å²) in [6, 6.07) is 3.01. The van der Waals surface area contributed by atoms with Crippen molar-refractivity contribution in [3.63, 3.8) is 0 Å². The first-order chi connectivity index (χ1) is 5.88. The highest BCUT2D eigenvalue weighted by molar-refractivity contribution is 7.95. The monoisotopic (exact) mass is 206 g/mol. The first-order valence-electron chi connectivity index (χ1n) is 3.40. The van der Waals surface area contributed by atoms with E-state index in [0.717, 1.165) is 23.8 Å². The zero-order valence-corrected chi connectivity index (χ0v) is 7.65. The molecule has 1 aromatic carbocycles. The fourth-order valence-corrected chi connectivity index (χ4v) is 1.49. The predicted molar refractivity (Wildman–Crippen MR) is 48.2 cm³/mol. The Kier molecular flexibility index (Phi) is 2.68. The second-order valence-electron chi connectivity index (χ2n) is 2.65. The van der Waals surface area contributed by atoms with Gasteiger partial charge in [-0.25, -0.2) is 13.0 Å². The molecule has 0 aliphatic heterocycles. The molecule has 0 saturated carbocycles. The Balaban J connectivity index is 3.21. The van der Waals surface area contributed by atoms with Gasteiger partial charge in [0.2, 0.25) is 0 Å². The summed E-state index contributed by atoms with van der Waals surface area (Å²) in [6.45, 7) is 0. The average Bonchev–Trinajstić information content (AvgIpc) is 1.94. The van der Waals surface area contributed by atoms with Crippen LogP contribution >= 0.6 is 0 Å². The molecule has 1 rings (SSSR count). The van der Waals surface area contributed by atoms with E-state index in [4.69, 9.17) is 4.55 Å². The molecule has 13 heavy (non-hydrogen) atoms. The maximum atomic E-state index is 12.6. The highest BCUT2D eigenvalue weighted by Gasteiger charge is 2.01. The normalized spacial score (nSPS) is 15.1. The molecule has 0 heterocycles. The lowest BCUT2D eigenvalue weighted by Gasteiger charge is -1.97. The van der Waals surface area contributed by atoms with Gasteiger partial charge < -0.3 is 4.55 Å². The summed E-state index contributed by atoms with van der Waals surface area (Å²) in [4.78, 5) is 0. The lowest BCUT2D eigenvalue weighted by Crippen LogP contribution is -2.00. The van der Waals surface area contributed by atoms with Crippen molar-refractivity contribution < 1.29 is 17.5 Å². The zero-order valence-electron chi connectivity index (χ0n) is 6.83. The summed E-state index contributed by atoms with van der Waals surface area (Å²) < 4.78 is 44.7. The molecule has 0 saturated heterocycles. The van der Waals surface area contributed by atoms with Gasteiger partial charge in [-0.1, -0.05) is 6.07 Å². The minimum atomic E-state index is -3.07. The molecule has 72 valence electrons. The van der Waals surface area contributed by atoms with Gasteiger partial charge in [0.05, 0.1) is 9.80 Å². The molecule has 0 aliphatic carbocycles. The number of hydrogen-bond acceptors (Lipinski definition) is 1.